The number of hydrogen-bond acceptors (Lipinski definition) is 4. The second-order valence-corrected chi connectivity index (χ2v) is 4.89. The number of unbranched alkanes of at least 4 members (excludes halogenated alkanes) is 1. The van der Waals surface area contributed by atoms with Crippen LogP contribution >= 0.6 is 0 Å². The number of carboxylic acid groups (broad SMARTS) is 1. The molecule has 7 heteroatoms. The highest BCUT2D eigenvalue weighted by Crippen LogP contribution is 2.06. The Hall–Kier alpha value is -1.63. The summed E-state index contributed by atoms with van der Waals surface area (Å²) in [5.74, 6) is -1.14. The van der Waals surface area contributed by atoms with Gasteiger partial charge in [0, 0.05) is 20.0 Å². The van der Waals surface area contributed by atoms with E-state index in [1.165, 1.54) is 6.92 Å². The Balaban J connectivity index is 3.99. The predicted molar refractivity (Wildman–Crippen MR) is 75.3 cm³/mol. The second kappa shape index (κ2) is 10.2. The molecule has 3 N–H and O–H groups in total. The molecule has 0 radical (unpaired) electrons. The first-order valence-corrected chi connectivity index (χ1v) is 6.75. The molecule has 0 aromatic rings. The van der Waals surface area contributed by atoms with E-state index in [9.17, 15) is 14.4 Å². The molecule has 116 valence electrons. The Bertz CT molecular complexity index is 332. The SMILES string of the molecule is C[13C](=O)N[13CH2]CCCC(C(=O)N[13CH2]CC(=O)O)[15N](C)[13CH3]. The maximum atomic E-state index is 11.9. The zero-order chi connectivity index (χ0) is 15.5. The molecule has 0 bridgehead atoms. The van der Waals surface area contributed by atoms with Gasteiger partial charge in [-0.05, 0) is 33.4 Å². The van der Waals surface area contributed by atoms with Crippen LogP contribution < -0.4 is 10.6 Å². The molecular weight excluding hydrogens is 267 g/mol. The number of aliphatic carboxylic acids is 1. The van der Waals surface area contributed by atoms with Gasteiger partial charge < -0.3 is 15.7 Å². The normalized spacial score (nSPS) is 12.0. The van der Waals surface area contributed by atoms with Crippen LogP contribution in [0.1, 0.15) is 32.6 Å². The summed E-state index contributed by atoms with van der Waals surface area (Å²) in [7, 11) is 3.63. The van der Waals surface area contributed by atoms with Gasteiger partial charge in [0.15, 0.2) is 0 Å². The summed E-state index contributed by atoms with van der Waals surface area (Å²) in [6.07, 6.45) is 2.22. The molecule has 0 fully saturated rings. The molecule has 0 aromatic carbocycles. The Kier molecular flexibility index (Phi) is 9.36. The lowest BCUT2D eigenvalue weighted by molar-refractivity contribution is -0.137. The molecular formula is C13H25N3O4. The maximum Gasteiger partial charge on any atom is 0.305 e. The lowest BCUT2D eigenvalue weighted by atomic mass is 10.1. The summed E-state index contributed by atoms with van der Waals surface area (Å²) in [5, 5.41) is 13.9. The molecule has 20 heavy (non-hydrogen) atoms. The number of amides is 2. The van der Waals surface area contributed by atoms with E-state index >= 15 is 0 Å². The van der Waals surface area contributed by atoms with Gasteiger partial charge in [-0.15, -0.1) is 0 Å². The molecule has 0 heterocycles. The molecule has 0 saturated heterocycles. The first-order valence-electron chi connectivity index (χ1n) is 6.75. The quantitative estimate of drug-likeness (QED) is 0.294. The van der Waals surface area contributed by atoms with E-state index in [1.807, 2.05) is 19.0 Å². The highest BCUT2D eigenvalue weighted by molar-refractivity contribution is 5.82. The van der Waals surface area contributed by atoms with Crippen LogP contribution in [-0.4, -0.2) is 61.0 Å². The fourth-order valence-corrected chi connectivity index (χ4v) is 1.76. The van der Waals surface area contributed by atoms with Gasteiger partial charge in [0.2, 0.25) is 11.8 Å². The predicted octanol–water partition coefficient (Wildman–Crippen LogP) is -0.186. The van der Waals surface area contributed by atoms with Gasteiger partial charge in [0.1, 0.15) is 0 Å². The number of rotatable bonds is 10. The number of nitrogens with one attached hydrogen (secondary N) is 2. The lowest BCUT2D eigenvalue weighted by Gasteiger charge is -2.23. The van der Waals surface area contributed by atoms with Crippen LogP contribution in [-0.2, 0) is 14.4 Å². The molecule has 2 amide bonds. The van der Waals surface area contributed by atoms with Gasteiger partial charge in [-0.2, -0.15) is 0 Å². The first-order chi connectivity index (χ1) is 9.34. The maximum absolute atomic E-state index is 11.9. The topological polar surface area (TPSA) is 98.7 Å². The molecule has 0 saturated carbocycles. The van der Waals surface area contributed by atoms with Gasteiger partial charge >= 0.3 is 5.97 Å². The molecule has 0 aliphatic heterocycles. The van der Waals surface area contributed by atoms with E-state index in [-0.39, 0.29) is 30.8 Å². The highest BCUT2D eigenvalue weighted by atomic mass is 16.4. The van der Waals surface area contributed by atoms with Crippen molar-refractivity contribution in [2.45, 2.75) is 38.6 Å². The average Bonchev–Trinajstić information content (AvgIpc) is 2.32. The summed E-state index contributed by atoms with van der Waals surface area (Å²) in [6, 6.07) is -0.277. The summed E-state index contributed by atoms with van der Waals surface area (Å²) >= 11 is 0. The second-order valence-electron chi connectivity index (χ2n) is 4.89. The monoisotopic (exact) mass is 292 g/mol. The van der Waals surface area contributed by atoms with Crippen LogP contribution in [0.15, 0.2) is 0 Å². The van der Waals surface area contributed by atoms with Crippen LogP contribution in [0.5, 0.6) is 0 Å². The van der Waals surface area contributed by atoms with Crippen molar-refractivity contribution in [1.29, 1.82) is 0 Å². The van der Waals surface area contributed by atoms with Crippen molar-refractivity contribution in [3.8, 4) is 0 Å². The van der Waals surface area contributed by atoms with Gasteiger partial charge in [-0.25, -0.2) is 0 Å². The molecule has 7 nitrogen and oxygen atoms in total. The van der Waals surface area contributed by atoms with Crippen LogP contribution in [0, 0.1) is 0 Å². The number of hydrogen-bond donors (Lipinski definition) is 3. The fraction of sp³-hybridized carbons (Fsp3) is 0.769. The van der Waals surface area contributed by atoms with Crippen LogP contribution in [0.4, 0.5) is 0 Å². The summed E-state index contributed by atoms with van der Waals surface area (Å²) in [6.45, 7) is 2.22. The minimum Gasteiger partial charge on any atom is -0.481 e. The minimum atomic E-state index is -0.929. The third-order valence-electron chi connectivity index (χ3n) is 2.84. The molecule has 0 aliphatic rings. The standard InChI is InChI=1S/C13H25N3O4/c1-10(17)14-8-5-4-6-11(16(2)3)13(20)15-9-7-12(18)19/h11H,4-9H2,1-3H3,(H,14,17)(H,15,20)(H,18,19)/i2+1,8+1,9+1,10+1,16+1. The number of carbonyl (C=O) groups is 3. The smallest absolute Gasteiger partial charge is 0.305 e. The highest BCUT2D eigenvalue weighted by Gasteiger charge is 2.19. The van der Waals surface area contributed by atoms with Crippen LogP contribution in [0.25, 0.3) is 0 Å². The van der Waals surface area contributed by atoms with Crippen molar-refractivity contribution in [3.63, 3.8) is 0 Å². The van der Waals surface area contributed by atoms with E-state index < -0.39 is 5.97 Å². The van der Waals surface area contributed by atoms with E-state index in [0.29, 0.717) is 13.0 Å². The Morgan fingerprint density at radius 2 is 1.75 bits per heavy atom. The van der Waals surface area contributed by atoms with Crippen molar-refractivity contribution in [2.24, 2.45) is 0 Å². The van der Waals surface area contributed by atoms with Crippen molar-refractivity contribution in [2.75, 3.05) is 27.2 Å². The molecule has 1 unspecified atom stereocenters. The Morgan fingerprint density at radius 1 is 1.10 bits per heavy atom. The molecule has 0 spiro atoms. The summed E-state index contributed by atoms with van der Waals surface area (Å²) in [5.41, 5.74) is 0. The van der Waals surface area contributed by atoms with Gasteiger partial charge in [-0.1, -0.05) is 0 Å². The van der Waals surface area contributed by atoms with Gasteiger partial charge in [0.25, 0.3) is 0 Å². The van der Waals surface area contributed by atoms with Gasteiger partial charge in [-0.3, -0.25) is 19.3 Å². The van der Waals surface area contributed by atoms with E-state index in [2.05, 4.69) is 10.6 Å². The largest absolute Gasteiger partial charge is 0.481 e. The van der Waals surface area contributed by atoms with E-state index in [4.69, 9.17) is 5.11 Å². The first kappa shape index (κ1) is 18.4. The molecule has 0 aromatic heterocycles. The third kappa shape index (κ3) is 9.32. The van der Waals surface area contributed by atoms with E-state index in [1.54, 1.807) is 0 Å². The van der Waals surface area contributed by atoms with Crippen LogP contribution in [0.2, 0.25) is 0 Å². The number of likely N-dealkylation sites (N-methyl/N-ethyl adjacent to an activating group) is 1. The van der Waals surface area contributed by atoms with Crippen molar-refractivity contribution in [1.82, 2.24) is 15.5 Å². The van der Waals surface area contributed by atoms with Crippen molar-refractivity contribution < 1.29 is 19.5 Å². The Labute approximate surface area is 119 Å². The van der Waals surface area contributed by atoms with Crippen LogP contribution in [0.3, 0.4) is 0 Å². The number of carbonyl (C=O) groups excluding carboxylic acids is 2. The fourth-order valence-electron chi connectivity index (χ4n) is 1.76. The molecule has 0 rings (SSSR count). The van der Waals surface area contributed by atoms with E-state index in [0.717, 1.165) is 12.8 Å². The minimum absolute atomic E-state index is 0.0550. The summed E-state index contributed by atoms with van der Waals surface area (Å²) < 4.78 is 0. The Morgan fingerprint density at radius 3 is 2.25 bits per heavy atom. The molecule has 0 aliphatic carbocycles. The average molecular weight is 292 g/mol. The number of carboxylic acids is 1. The molecule has 1 atom stereocenters. The lowest BCUT2D eigenvalue weighted by Crippen LogP contribution is -2.44. The van der Waals surface area contributed by atoms with Gasteiger partial charge in [0.05, 0.1) is 12.5 Å². The number of nitrogens with zero attached hydrogens (tertiary/aromatic N) is 1. The third-order valence-corrected chi connectivity index (χ3v) is 2.84. The zero-order valence-electron chi connectivity index (χ0n) is 12.4. The zero-order valence-corrected chi connectivity index (χ0v) is 12.4. The van der Waals surface area contributed by atoms with Crippen molar-refractivity contribution in [3.05, 3.63) is 0 Å². The summed E-state index contributed by atoms with van der Waals surface area (Å²) in [4.78, 5) is 34.8. The van der Waals surface area contributed by atoms with Crippen molar-refractivity contribution >= 4 is 17.8 Å².